The largest absolute Gasteiger partial charge is 0.390 e. The molecule has 1 aromatic carbocycles. The van der Waals surface area contributed by atoms with Crippen LogP contribution in [0.1, 0.15) is 59.8 Å². The molecule has 1 unspecified atom stereocenters. The monoisotopic (exact) mass is 382 g/mol. The van der Waals surface area contributed by atoms with E-state index in [1.807, 2.05) is 44.7 Å². The standard InChI is InChI=1S/C23H30N2O3/c1-15-5-6-19-18(13-15)20(16(2)17(3)24-19)21(26)25-10-7-23(8-11-25)14-22(4,27)9-12-28-23/h5-6,13,27H,7-12,14H2,1-4H3. The van der Waals surface area contributed by atoms with E-state index in [4.69, 9.17) is 4.74 Å². The molecule has 1 amide bonds. The van der Waals surface area contributed by atoms with E-state index in [2.05, 4.69) is 11.1 Å². The molecule has 1 spiro atoms. The number of likely N-dealkylation sites (tertiary alicyclic amines) is 1. The summed E-state index contributed by atoms with van der Waals surface area (Å²) in [6, 6.07) is 6.10. The molecule has 2 fully saturated rings. The van der Waals surface area contributed by atoms with Gasteiger partial charge in [0.15, 0.2) is 0 Å². The predicted octanol–water partition coefficient (Wildman–Crippen LogP) is 3.70. The molecule has 4 rings (SSSR count). The average Bonchev–Trinajstić information content (AvgIpc) is 2.62. The number of amides is 1. The van der Waals surface area contributed by atoms with Crippen LogP contribution in [0.3, 0.4) is 0 Å². The Bertz CT molecular complexity index is 927. The van der Waals surface area contributed by atoms with Crippen LogP contribution in [0.25, 0.3) is 10.9 Å². The van der Waals surface area contributed by atoms with Gasteiger partial charge >= 0.3 is 0 Å². The first-order chi connectivity index (χ1) is 13.2. The SMILES string of the molecule is Cc1ccc2nc(C)c(C)c(C(=O)N3CCC4(CC3)CC(C)(O)CCO4)c2c1. The molecular weight excluding hydrogens is 352 g/mol. The number of aliphatic hydroxyl groups is 1. The number of nitrogens with zero attached hydrogens (tertiary/aromatic N) is 2. The molecule has 150 valence electrons. The fourth-order valence-electron chi connectivity index (χ4n) is 4.79. The molecule has 2 aromatic rings. The Hall–Kier alpha value is -1.98. The summed E-state index contributed by atoms with van der Waals surface area (Å²) in [6.07, 6.45) is 2.87. The lowest BCUT2D eigenvalue weighted by Gasteiger charge is -2.48. The average molecular weight is 383 g/mol. The lowest BCUT2D eigenvalue weighted by atomic mass is 9.77. The molecular formula is C23H30N2O3. The van der Waals surface area contributed by atoms with Crippen LogP contribution in [-0.2, 0) is 4.74 Å². The fourth-order valence-corrected chi connectivity index (χ4v) is 4.79. The van der Waals surface area contributed by atoms with E-state index in [0.29, 0.717) is 32.5 Å². The van der Waals surface area contributed by atoms with Crippen LogP contribution >= 0.6 is 0 Å². The highest BCUT2D eigenvalue weighted by atomic mass is 16.5. The van der Waals surface area contributed by atoms with Gasteiger partial charge in [-0.15, -0.1) is 0 Å². The van der Waals surface area contributed by atoms with Gasteiger partial charge in [-0.3, -0.25) is 9.78 Å². The van der Waals surface area contributed by atoms with Crippen molar-refractivity contribution in [1.82, 2.24) is 9.88 Å². The molecule has 1 atom stereocenters. The van der Waals surface area contributed by atoms with E-state index in [9.17, 15) is 9.90 Å². The van der Waals surface area contributed by atoms with E-state index in [-0.39, 0.29) is 11.5 Å². The van der Waals surface area contributed by atoms with Crippen LogP contribution in [-0.4, -0.2) is 51.8 Å². The summed E-state index contributed by atoms with van der Waals surface area (Å²) >= 11 is 0. The molecule has 2 aliphatic rings. The number of benzene rings is 1. The summed E-state index contributed by atoms with van der Waals surface area (Å²) in [7, 11) is 0. The lowest BCUT2D eigenvalue weighted by molar-refractivity contribution is -0.170. The molecule has 5 nitrogen and oxygen atoms in total. The second-order valence-electron chi connectivity index (χ2n) is 8.97. The molecule has 5 heteroatoms. The molecule has 2 aliphatic heterocycles. The number of ether oxygens (including phenoxy) is 1. The van der Waals surface area contributed by atoms with Gasteiger partial charge in [-0.05, 0) is 64.7 Å². The van der Waals surface area contributed by atoms with Gasteiger partial charge in [0.1, 0.15) is 0 Å². The van der Waals surface area contributed by atoms with Gasteiger partial charge in [-0.25, -0.2) is 0 Å². The number of aryl methyl sites for hydroxylation is 2. The van der Waals surface area contributed by atoms with Crippen molar-refractivity contribution in [3.63, 3.8) is 0 Å². The topological polar surface area (TPSA) is 62.7 Å². The van der Waals surface area contributed by atoms with Crippen molar-refractivity contribution in [3.05, 3.63) is 40.6 Å². The maximum Gasteiger partial charge on any atom is 0.254 e. The zero-order valence-electron chi connectivity index (χ0n) is 17.3. The quantitative estimate of drug-likeness (QED) is 0.817. The van der Waals surface area contributed by atoms with Crippen molar-refractivity contribution in [2.24, 2.45) is 0 Å². The van der Waals surface area contributed by atoms with Gasteiger partial charge in [-0.1, -0.05) is 11.6 Å². The Morgan fingerprint density at radius 3 is 2.57 bits per heavy atom. The van der Waals surface area contributed by atoms with Gasteiger partial charge in [0, 0.05) is 30.6 Å². The van der Waals surface area contributed by atoms with Crippen LogP contribution in [0.15, 0.2) is 18.2 Å². The zero-order chi connectivity index (χ0) is 20.1. The normalized spacial score (nSPS) is 24.7. The van der Waals surface area contributed by atoms with Crippen molar-refractivity contribution in [2.45, 2.75) is 64.6 Å². The van der Waals surface area contributed by atoms with E-state index in [0.717, 1.165) is 46.1 Å². The minimum atomic E-state index is -0.670. The van der Waals surface area contributed by atoms with Crippen molar-refractivity contribution < 1.29 is 14.6 Å². The maximum absolute atomic E-state index is 13.5. The molecule has 3 heterocycles. The second-order valence-corrected chi connectivity index (χ2v) is 8.97. The Morgan fingerprint density at radius 1 is 1.18 bits per heavy atom. The summed E-state index contributed by atoms with van der Waals surface area (Å²) in [6.45, 7) is 9.80. The van der Waals surface area contributed by atoms with Crippen LogP contribution in [0, 0.1) is 20.8 Å². The third kappa shape index (κ3) is 3.42. The molecule has 0 saturated carbocycles. The first-order valence-electron chi connectivity index (χ1n) is 10.2. The molecule has 1 aromatic heterocycles. The zero-order valence-corrected chi connectivity index (χ0v) is 17.3. The van der Waals surface area contributed by atoms with E-state index in [1.54, 1.807) is 0 Å². The van der Waals surface area contributed by atoms with Crippen molar-refractivity contribution >= 4 is 16.8 Å². The molecule has 28 heavy (non-hydrogen) atoms. The minimum Gasteiger partial charge on any atom is -0.390 e. The highest BCUT2D eigenvalue weighted by Gasteiger charge is 2.45. The van der Waals surface area contributed by atoms with E-state index < -0.39 is 5.60 Å². The Balaban J connectivity index is 1.61. The first kappa shape index (κ1) is 19.3. The van der Waals surface area contributed by atoms with Gasteiger partial charge in [0.05, 0.1) is 28.9 Å². The highest BCUT2D eigenvalue weighted by Crippen LogP contribution is 2.40. The predicted molar refractivity (Wildman–Crippen MR) is 110 cm³/mol. The van der Waals surface area contributed by atoms with E-state index in [1.165, 1.54) is 0 Å². The number of rotatable bonds is 1. The Morgan fingerprint density at radius 2 is 1.89 bits per heavy atom. The van der Waals surface area contributed by atoms with Gasteiger partial charge in [-0.2, -0.15) is 0 Å². The Labute approximate surface area is 166 Å². The molecule has 2 saturated heterocycles. The molecule has 1 N–H and O–H groups in total. The van der Waals surface area contributed by atoms with Crippen LogP contribution in [0.4, 0.5) is 0 Å². The third-order valence-corrected chi connectivity index (χ3v) is 6.55. The van der Waals surface area contributed by atoms with Gasteiger partial charge < -0.3 is 14.7 Å². The summed E-state index contributed by atoms with van der Waals surface area (Å²) in [5, 5.41) is 11.4. The highest BCUT2D eigenvalue weighted by molar-refractivity contribution is 6.07. The third-order valence-electron chi connectivity index (χ3n) is 6.55. The fraction of sp³-hybridized carbons (Fsp3) is 0.565. The molecule has 0 radical (unpaired) electrons. The number of hydrogen-bond donors (Lipinski definition) is 1. The Kier molecular flexibility index (Phi) is 4.71. The smallest absolute Gasteiger partial charge is 0.254 e. The molecule has 0 bridgehead atoms. The van der Waals surface area contributed by atoms with Crippen LogP contribution < -0.4 is 0 Å². The number of aromatic nitrogens is 1. The lowest BCUT2D eigenvalue weighted by Crippen LogP contribution is -2.54. The van der Waals surface area contributed by atoms with Crippen molar-refractivity contribution in [2.75, 3.05) is 19.7 Å². The number of carbonyl (C=O) groups is 1. The van der Waals surface area contributed by atoms with Crippen molar-refractivity contribution in [1.29, 1.82) is 0 Å². The summed E-state index contributed by atoms with van der Waals surface area (Å²) in [5.41, 5.74) is 3.68. The molecule has 0 aliphatic carbocycles. The summed E-state index contributed by atoms with van der Waals surface area (Å²) in [4.78, 5) is 20.1. The summed E-state index contributed by atoms with van der Waals surface area (Å²) in [5.74, 6) is 0.0796. The van der Waals surface area contributed by atoms with Crippen molar-refractivity contribution in [3.8, 4) is 0 Å². The number of carbonyl (C=O) groups excluding carboxylic acids is 1. The number of hydrogen-bond acceptors (Lipinski definition) is 4. The number of piperidine rings is 1. The van der Waals surface area contributed by atoms with Crippen LogP contribution in [0.2, 0.25) is 0 Å². The maximum atomic E-state index is 13.5. The minimum absolute atomic E-state index is 0.0796. The number of pyridine rings is 1. The van der Waals surface area contributed by atoms with E-state index >= 15 is 0 Å². The first-order valence-corrected chi connectivity index (χ1v) is 10.2. The number of fused-ring (bicyclic) bond motifs is 1. The second kappa shape index (κ2) is 6.82. The van der Waals surface area contributed by atoms with Gasteiger partial charge in [0.25, 0.3) is 5.91 Å². The van der Waals surface area contributed by atoms with Crippen LogP contribution in [0.5, 0.6) is 0 Å². The summed E-state index contributed by atoms with van der Waals surface area (Å²) < 4.78 is 6.10. The van der Waals surface area contributed by atoms with Gasteiger partial charge in [0.2, 0.25) is 0 Å².